The predicted molar refractivity (Wildman–Crippen MR) is 27.5 cm³/mol. The highest BCUT2D eigenvalue weighted by Crippen LogP contribution is 1.98. The van der Waals surface area contributed by atoms with Crippen LogP contribution in [0, 0.1) is 0 Å². The molecule has 1 rings (SSSR count). The summed E-state index contributed by atoms with van der Waals surface area (Å²) in [5.74, 6) is 0.117. The minimum atomic E-state index is 0.00231. The Morgan fingerprint density at radius 2 is 2.44 bits per heavy atom. The third-order valence-electron chi connectivity index (χ3n) is 0.643. The molecule has 1 heterocycles. The van der Waals surface area contributed by atoms with E-state index < -0.39 is 0 Å². The van der Waals surface area contributed by atoms with E-state index in [4.69, 9.17) is 5.73 Å². The number of aromatic amines is 1. The van der Waals surface area contributed by atoms with Crippen LogP contribution in [0.25, 0.3) is 0 Å². The van der Waals surface area contributed by atoms with E-state index in [0.29, 0.717) is 0 Å². The Balaban J connectivity index is 2.72. The molecule has 0 aliphatic rings. The van der Waals surface area contributed by atoms with Gasteiger partial charge in [-0.15, -0.1) is 5.10 Å². The highest BCUT2D eigenvalue weighted by atomic mass is 16.5. The number of nitrogens with zero attached hydrogens (tertiary/aromatic N) is 2. The molecule has 1 aromatic heterocycles. The fourth-order valence-electron chi connectivity index (χ4n) is 0.357. The van der Waals surface area contributed by atoms with Crippen molar-refractivity contribution in [3.05, 3.63) is 0 Å². The van der Waals surface area contributed by atoms with Crippen LogP contribution in [0.4, 0.5) is 5.95 Å². The zero-order valence-electron chi connectivity index (χ0n) is 4.37. The van der Waals surface area contributed by atoms with E-state index in [-0.39, 0.29) is 18.4 Å². The summed E-state index contributed by atoms with van der Waals surface area (Å²) in [7, 11) is 0. The summed E-state index contributed by atoms with van der Waals surface area (Å²) in [5, 5.41) is 6.65. The van der Waals surface area contributed by atoms with Crippen molar-refractivity contribution in [2.24, 2.45) is 0 Å². The number of carbonyl (C=O) groups is 1. The molecular formula is C3H4N4O2. The van der Waals surface area contributed by atoms with E-state index in [1.54, 1.807) is 0 Å². The van der Waals surface area contributed by atoms with Gasteiger partial charge in [-0.05, 0) is 0 Å². The van der Waals surface area contributed by atoms with Crippen molar-refractivity contribution in [3.8, 4) is 6.01 Å². The van der Waals surface area contributed by atoms with E-state index >= 15 is 0 Å². The first-order chi connectivity index (χ1) is 4.33. The van der Waals surface area contributed by atoms with Crippen LogP contribution < -0.4 is 10.5 Å². The summed E-state index contributed by atoms with van der Waals surface area (Å²) < 4.78 is 4.24. The topological polar surface area (TPSA) is 93.9 Å². The molecule has 0 fully saturated rings. The summed E-state index contributed by atoms with van der Waals surface area (Å²) >= 11 is 0. The Morgan fingerprint density at radius 3 is 2.89 bits per heavy atom. The van der Waals surface area contributed by atoms with Gasteiger partial charge in [0.1, 0.15) is 0 Å². The molecule has 0 amide bonds. The second-order valence-electron chi connectivity index (χ2n) is 1.23. The lowest BCUT2D eigenvalue weighted by atomic mass is 11.1. The van der Waals surface area contributed by atoms with Gasteiger partial charge in [-0.2, -0.15) is 0 Å². The zero-order valence-corrected chi connectivity index (χ0v) is 4.37. The van der Waals surface area contributed by atoms with Gasteiger partial charge in [-0.25, -0.2) is 0 Å². The molecule has 6 heteroatoms. The number of nitrogens with two attached hydrogens (primary N) is 1. The molecule has 3 N–H and O–H groups in total. The third-order valence-corrected chi connectivity index (χ3v) is 0.643. The molecular weight excluding hydrogens is 124 g/mol. The van der Waals surface area contributed by atoms with Crippen LogP contribution in [0.3, 0.4) is 0 Å². The van der Waals surface area contributed by atoms with Gasteiger partial charge < -0.3 is 10.5 Å². The number of nitrogen functional groups attached to an aromatic ring is 1. The number of carbonyl (C=O) groups excluding carboxylic acids is 1. The molecule has 0 aromatic carbocycles. The average Bonchev–Trinajstić information content (AvgIpc) is 2.17. The maximum absolute atomic E-state index is 9.63. The summed E-state index contributed by atoms with van der Waals surface area (Å²) in [6.07, 6.45) is 0. The molecule has 0 atom stereocenters. The average molecular weight is 128 g/mol. The molecule has 0 saturated heterocycles. The molecule has 0 aliphatic carbocycles. The third kappa shape index (κ3) is 1.15. The van der Waals surface area contributed by atoms with E-state index in [1.165, 1.54) is 0 Å². The quantitative estimate of drug-likeness (QED) is 0.494. The van der Waals surface area contributed by atoms with Gasteiger partial charge in [0.25, 0.3) is 0 Å². The normalized spacial score (nSPS) is 8.89. The first-order valence-corrected chi connectivity index (χ1v) is 2.11. The van der Waals surface area contributed by atoms with Crippen molar-refractivity contribution in [1.29, 1.82) is 0 Å². The van der Waals surface area contributed by atoms with Gasteiger partial charge in [-0.1, -0.05) is 5.10 Å². The Kier molecular flexibility index (Phi) is 1.31. The second kappa shape index (κ2) is 2.12. The molecule has 48 valence electrons. The number of hydrogen-bond acceptors (Lipinski definition) is 5. The van der Waals surface area contributed by atoms with E-state index in [1.807, 2.05) is 0 Å². The summed E-state index contributed by atoms with van der Waals surface area (Å²) in [4.78, 5) is 12.0. The Hall–Kier alpha value is -1.59. The van der Waals surface area contributed by atoms with Crippen LogP contribution in [0.2, 0.25) is 0 Å². The van der Waals surface area contributed by atoms with Gasteiger partial charge in [0.05, 0.1) is 0 Å². The number of aromatic nitrogens is 3. The monoisotopic (exact) mass is 128 g/mol. The fraction of sp³-hybridized carbons (Fsp3) is 0. The highest BCUT2D eigenvalue weighted by molar-refractivity contribution is 5.41. The largest absolute Gasteiger partial charge is 0.393 e. The van der Waals surface area contributed by atoms with Crippen LogP contribution in [-0.2, 0) is 4.79 Å². The van der Waals surface area contributed by atoms with Crippen LogP contribution in [0.5, 0.6) is 6.01 Å². The van der Waals surface area contributed by atoms with Crippen molar-refractivity contribution < 1.29 is 9.53 Å². The Morgan fingerprint density at radius 1 is 1.67 bits per heavy atom. The van der Waals surface area contributed by atoms with Crippen LogP contribution in [0.15, 0.2) is 0 Å². The second-order valence-corrected chi connectivity index (χ2v) is 1.23. The Bertz CT molecular complexity index is 207. The molecule has 1 aromatic rings. The maximum Gasteiger partial charge on any atom is 0.323 e. The van der Waals surface area contributed by atoms with Crippen LogP contribution in [-0.4, -0.2) is 21.7 Å². The highest BCUT2D eigenvalue weighted by Gasteiger charge is 1.96. The summed E-state index contributed by atoms with van der Waals surface area (Å²) in [5.41, 5.74) is 5.08. The van der Waals surface area contributed by atoms with Crippen molar-refractivity contribution in [2.75, 3.05) is 5.73 Å². The molecule has 0 bridgehead atoms. The van der Waals surface area contributed by atoms with Crippen LogP contribution >= 0.6 is 0 Å². The molecule has 0 unspecified atom stereocenters. The fourth-order valence-corrected chi connectivity index (χ4v) is 0.357. The lowest BCUT2D eigenvalue weighted by molar-refractivity contribution is -0.121. The minimum absolute atomic E-state index is 0.00231. The van der Waals surface area contributed by atoms with Gasteiger partial charge in [0, 0.05) is 0 Å². The predicted octanol–water partition coefficient (Wildman–Crippen LogP) is -1.08. The first-order valence-electron chi connectivity index (χ1n) is 2.11. The smallest absolute Gasteiger partial charge is 0.323 e. The van der Waals surface area contributed by atoms with Gasteiger partial charge in [0.2, 0.25) is 5.95 Å². The number of H-pyrrole nitrogens is 1. The number of anilines is 1. The van der Waals surface area contributed by atoms with E-state index in [2.05, 4.69) is 19.9 Å². The SMILES string of the molecule is Nc1nnc(OC=O)[nH]1. The molecule has 0 radical (unpaired) electrons. The van der Waals surface area contributed by atoms with Crippen LogP contribution in [0.1, 0.15) is 0 Å². The lowest BCUT2D eigenvalue weighted by Gasteiger charge is -1.83. The number of hydrogen-bond donors (Lipinski definition) is 2. The minimum Gasteiger partial charge on any atom is -0.393 e. The van der Waals surface area contributed by atoms with E-state index in [9.17, 15) is 4.79 Å². The number of rotatable bonds is 2. The molecule has 0 saturated carbocycles. The van der Waals surface area contributed by atoms with Gasteiger partial charge >= 0.3 is 12.5 Å². The maximum atomic E-state index is 9.63. The molecule has 0 spiro atoms. The van der Waals surface area contributed by atoms with Gasteiger partial charge in [0.15, 0.2) is 0 Å². The first kappa shape index (κ1) is 5.54. The number of ether oxygens (including phenoxy) is 1. The number of nitrogens with one attached hydrogen (secondary N) is 1. The van der Waals surface area contributed by atoms with Crippen molar-refractivity contribution in [1.82, 2.24) is 15.2 Å². The van der Waals surface area contributed by atoms with Crippen molar-refractivity contribution in [3.63, 3.8) is 0 Å². The molecule has 0 aliphatic heterocycles. The summed E-state index contributed by atoms with van der Waals surface area (Å²) in [6.45, 7) is 0.236. The van der Waals surface area contributed by atoms with Gasteiger partial charge in [-0.3, -0.25) is 9.78 Å². The van der Waals surface area contributed by atoms with Crippen molar-refractivity contribution in [2.45, 2.75) is 0 Å². The Labute approximate surface area is 50.0 Å². The molecule has 9 heavy (non-hydrogen) atoms. The zero-order chi connectivity index (χ0) is 6.69. The summed E-state index contributed by atoms with van der Waals surface area (Å²) in [6, 6.07) is 0.00231. The molecule has 6 nitrogen and oxygen atoms in total. The lowest BCUT2D eigenvalue weighted by Crippen LogP contribution is -1.90. The standard InChI is InChI=1S/C3H4N4O2/c4-2-5-3(7-6-2)9-1-8/h1H,(H3,4,5,6,7). The van der Waals surface area contributed by atoms with Crippen molar-refractivity contribution >= 4 is 12.4 Å². The van der Waals surface area contributed by atoms with E-state index in [0.717, 1.165) is 0 Å².